The first kappa shape index (κ1) is 18.7. The lowest BCUT2D eigenvalue weighted by Crippen LogP contribution is -2.50. The third-order valence-electron chi connectivity index (χ3n) is 4.70. The molecule has 4 amide bonds. The van der Waals surface area contributed by atoms with Gasteiger partial charge >= 0.3 is 6.09 Å². The molecular formula is C18H21N3O6. The molecule has 27 heavy (non-hydrogen) atoms. The van der Waals surface area contributed by atoms with Gasteiger partial charge in [0.25, 0.3) is 11.8 Å². The third kappa shape index (κ3) is 4.18. The smallest absolute Gasteiger partial charge is 0.417 e. The zero-order chi connectivity index (χ0) is 19.4. The lowest BCUT2D eigenvalue weighted by molar-refractivity contribution is -0.132. The van der Waals surface area contributed by atoms with Crippen molar-refractivity contribution in [2.75, 3.05) is 33.4 Å². The van der Waals surface area contributed by atoms with E-state index in [1.165, 1.54) is 7.11 Å². The Morgan fingerprint density at radius 1 is 1.26 bits per heavy atom. The van der Waals surface area contributed by atoms with Crippen LogP contribution in [0.3, 0.4) is 0 Å². The van der Waals surface area contributed by atoms with Crippen molar-refractivity contribution in [2.24, 2.45) is 0 Å². The fraction of sp³-hybridized carbons (Fsp3) is 0.444. The molecule has 0 aromatic heterocycles. The first-order valence-corrected chi connectivity index (χ1v) is 8.68. The van der Waals surface area contributed by atoms with Gasteiger partial charge in [0.15, 0.2) is 6.61 Å². The molecule has 9 heteroatoms. The highest BCUT2D eigenvalue weighted by molar-refractivity contribution is 5.98. The Morgan fingerprint density at radius 3 is 2.63 bits per heavy atom. The molecule has 9 nitrogen and oxygen atoms in total. The van der Waals surface area contributed by atoms with E-state index in [-0.39, 0.29) is 36.9 Å². The van der Waals surface area contributed by atoms with E-state index in [2.05, 4.69) is 5.32 Å². The quantitative estimate of drug-likeness (QED) is 0.798. The highest BCUT2D eigenvalue weighted by Crippen LogP contribution is 2.20. The number of rotatable bonds is 5. The van der Waals surface area contributed by atoms with Gasteiger partial charge < -0.3 is 19.7 Å². The molecule has 0 atom stereocenters. The van der Waals surface area contributed by atoms with Gasteiger partial charge in [0, 0.05) is 24.7 Å². The maximum Gasteiger partial charge on any atom is 0.417 e. The van der Waals surface area contributed by atoms with Gasteiger partial charge in [-0.1, -0.05) is 6.07 Å². The van der Waals surface area contributed by atoms with E-state index in [0.29, 0.717) is 37.2 Å². The van der Waals surface area contributed by atoms with E-state index in [1.807, 2.05) is 0 Å². The van der Waals surface area contributed by atoms with Crippen molar-refractivity contribution >= 4 is 23.8 Å². The summed E-state index contributed by atoms with van der Waals surface area (Å²) in [5.74, 6) is -0.344. The fourth-order valence-electron chi connectivity index (χ4n) is 3.22. The van der Waals surface area contributed by atoms with E-state index in [0.717, 1.165) is 4.90 Å². The number of carbonyl (C=O) groups excluding carboxylic acids is 4. The predicted octanol–water partition coefficient (Wildman–Crippen LogP) is 0.395. The number of cyclic esters (lactones) is 1. The number of hydrogen-bond donors (Lipinski definition) is 1. The summed E-state index contributed by atoms with van der Waals surface area (Å²) in [5, 5.41) is 2.60. The van der Waals surface area contributed by atoms with Gasteiger partial charge in [-0.2, -0.15) is 0 Å². The summed E-state index contributed by atoms with van der Waals surface area (Å²) in [4.78, 5) is 50.6. The van der Waals surface area contributed by atoms with Gasteiger partial charge in [0.05, 0.1) is 13.7 Å². The molecule has 0 spiro atoms. The van der Waals surface area contributed by atoms with Gasteiger partial charge in [0.1, 0.15) is 5.75 Å². The summed E-state index contributed by atoms with van der Waals surface area (Å²) in [6.07, 6.45) is 0.377. The highest BCUT2D eigenvalue weighted by atomic mass is 16.6. The second kappa shape index (κ2) is 8.07. The molecule has 1 aromatic carbocycles. The van der Waals surface area contributed by atoms with Crippen LogP contribution in [0.25, 0.3) is 0 Å². The van der Waals surface area contributed by atoms with Gasteiger partial charge in [-0.05, 0) is 31.0 Å². The van der Waals surface area contributed by atoms with Crippen LogP contribution in [0, 0.1) is 0 Å². The fourth-order valence-corrected chi connectivity index (χ4v) is 3.22. The summed E-state index contributed by atoms with van der Waals surface area (Å²) < 4.78 is 9.81. The van der Waals surface area contributed by atoms with Crippen molar-refractivity contribution in [1.29, 1.82) is 0 Å². The Hall–Kier alpha value is -3.10. The van der Waals surface area contributed by atoms with Crippen molar-refractivity contribution in [2.45, 2.75) is 18.9 Å². The van der Waals surface area contributed by atoms with Crippen LogP contribution in [0.2, 0.25) is 0 Å². The Labute approximate surface area is 156 Å². The number of nitrogens with one attached hydrogen (secondary N) is 1. The SMILES string of the molecule is COc1cccc(C(=O)NCC(=O)N2CCC(N3C(=O)COC3=O)CC2)c1. The number of hydrogen-bond acceptors (Lipinski definition) is 6. The zero-order valence-corrected chi connectivity index (χ0v) is 15.0. The maximum absolute atomic E-state index is 12.3. The summed E-state index contributed by atoms with van der Waals surface area (Å²) >= 11 is 0. The standard InChI is InChI=1S/C18H21N3O6/c1-26-14-4-2-3-12(9-14)17(24)19-10-15(22)20-7-5-13(6-8-20)21-16(23)11-27-18(21)25/h2-4,9,13H,5-8,10-11H2,1H3,(H,19,24). The molecule has 1 aromatic rings. The largest absolute Gasteiger partial charge is 0.497 e. The summed E-state index contributed by atoms with van der Waals surface area (Å²) in [6.45, 7) is 0.491. The predicted molar refractivity (Wildman–Crippen MR) is 93.1 cm³/mol. The number of likely N-dealkylation sites (tertiary alicyclic amines) is 1. The van der Waals surface area contributed by atoms with E-state index in [1.54, 1.807) is 29.2 Å². The molecule has 0 saturated carbocycles. The Bertz CT molecular complexity index is 741. The Balaban J connectivity index is 1.47. The molecule has 2 heterocycles. The Kier molecular flexibility index (Phi) is 5.58. The van der Waals surface area contributed by atoms with Gasteiger partial charge in [-0.3, -0.25) is 14.4 Å². The molecule has 2 fully saturated rings. The highest BCUT2D eigenvalue weighted by Gasteiger charge is 2.38. The maximum atomic E-state index is 12.3. The molecule has 1 N–H and O–H groups in total. The van der Waals surface area contributed by atoms with E-state index >= 15 is 0 Å². The van der Waals surface area contributed by atoms with Crippen molar-refractivity contribution in [3.8, 4) is 5.75 Å². The monoisotopic (exact) mass is 375 g/mol. The van der Waals surface area contributed by atoms with Crippen LogP contribution >= 0.6 is 0 Å². The van der Waals surface area contributed by atoms with Crippen LogP contribution in [0.4, 0.5) is 4.79 Å². The van der Waals surface area contributed by atoms with Gasteiger partial charge in [-0.25, -0.2) is 9.69 Å². The first-order chi connectivity index (χ1) is 13.0. The summed E-state index contributed by atoms with van der Waals surface area (Å²) in [6, 6.07) is 6.41. The normalized spacial score (nSPS) is 17.7. The molecular weight excluding hydrogens is 354 g/mol. The minimum Gasteiger partial charge on any atom is -0.497 e. The van der Waals surface area contributed by atoms with E-state index < -0.39 is 6.09 Å². The molecule has 0 aliphatic carbocycles. The van der Waals surface area contributed by atoms with Crippen LogP contribution in [0.15, 0.2) is 24.3 Å². The van der Waals surface area contributed by atoms with Crippen LogP contribution in [-0.2, 0) is 14.3 Å². The summed E-state index contributed by atoms with van der Waals surface area (Å²) in [5.41, 5.74) is 0.409. The van der Waals surface area contributed by atoms with Crippen molar-refractivity contribution in [3.63, 3.8) is 0 Å². The lowest BCUT2D eigenvalue weighted by Gasteiger charge is -2.34. The van der Waals surface area contributed by atoms with Crippen molar-refractivity contribution in [1.82, 2.24) is 15.1 Å². The number of methoxy groups -OCH3 is 1. The molecule has 2 aliphatic heterocycles. The van der Waals surface area contributed by atoms with E-state index in [9.17, 15) is 19.2 Å². The molecule has 0 bridgehead atoms. The topological polar surface area (TPSA) is 105 Å². The van der Waals surface area contributed by atoms with Crippen molar-refractivity contribution < 1.29 is 28.7 Å². The molecule has 3 rings (SSSR count). The number of nitrogens with zero attached hydrogens (tertiary/aromatic N) is 2. The molecule has 2 aliphatic rings. The molecule has 2 saturated heterocycles. The minimum absolute atomic E-state index is 0.120. The Morgan fingerprint density at radius 2 is 2.00 bits per heavy atom. The molecule has 144 valence electrons. The third-order valence-corrected chi connectivity index (χ3v) is 4.70. The molecule has 0 radical (unpaired) electrons. The first-order valence-electron chi connectivity index (χ1n) is 8.68. The van der Waals surface area contributed by atoms with Crippen LogP contribution in [0.5, 0.6) is 5.75 Å². The van der Waals surface area contributed by atoms with Crippen LogP contribution in [-0.4, -0.2) is 73.0 Å². The number of ether oxygens (including phenoxy) is 2. The second-order valence-corrected chi connectivity index (χ2v) is 6.34. The molecule has 0 unspecified atom stereocenters. The zero-order valence-electron chi connectivity index (χ0n) is 15.0. The van der Waals surface area contributed by atoms with Crippen molar-refractivity contribution in [3.05, 3.63) is 29.8 Å². The average Bonchev–Trinajstić information content (AvgIpc) is 3.04. The van der Waals surface area contributed by atoms with Crippen LogP contribution < -0.4 is 10.1 Å². The number of piperidine rings is 1. The minimum atomic E-state index is -0.615. The number of carbonyl (C=O) groups is 4. The average molecular weight is 375 g/mol. The number of imide groups is 1. The van der Waals surface area contributed by atoms with Crippen LogP contribution in [0.1, 0.15) is 23.2 Å². The van der Waals surface area contributed by atoms with E-state index in [4.69, 9.17) is 9.47 Å². The second-order valence-electron chi connectivity index (χ2n) is 6.34. The number of benzene rings is 1. The number of amides is 4. The van der Waals surface area contributed by atoms with Gasteiger partial charge in [-0.15, -0.1) is 0 Å². The van der Waals surface area contributed by atoms with Gasteiger partial charge in [0.2, 0.25) is 5.91 Å². The summed E-state index contributed by atoms with van der Waals surface area (Å²) in [7, 11) is 1.51. The lowest BCUT2D eigenvalue weighted by atomic mass is 10.0.